The number of rotatable bonds is 4. The Bertz CT molecular complexity index is 1050. The third-order valence-corrected chi connectivity index (χ3v) is 6.39. The van der Waals surface area contributed by atoms with Crippen LogP contribution in [0.5, 0.6) is 0 Å². The number of piperidine rings is 1. The van der Waals surface area contributed by atoms with E-state index < -0.39 is 0 Å². The van der Waals surface area contributed by atoms with Crippen LogP contribution >= 0.6 is 0 Å². The van der Waals surface area contributed by atoms with Crippen molar-refractivity contribution in [1.82, 2.24) is 24.3 Å². The van der Waals surface area contributed by atoms with Gasteiger partial charge in [0.25, 0.3) is 0 Å². The van der Waals surface area contributed by atoms with Crippen molar-refractivity contribution in [2.75, 3.05) is 13.1 Å². The summed E-state index contributed by atoms with van der Waals surface area (Å²) >= 11 is 0. The third-order valence-electron chi connectivity index (χ3n) is 6.39. The van der Waals surface area contributed by atoms with Gasteiger partial charge in [-0.25, -0.2) is 9.31 Å². The Kier molecular flexibility index (Phi) is 3.89. The Morgan fingerprint density at radius 1 is 0.931 bits per heavy atom. The Morgan fingerprint density at radius 2 is 1.76 bits per heavy atom. The number of hydrogen-bond acceptors (Lipinski definition) is 4. The molecule has 3 aromatic rings. The predicted molar refractivity (Wildman–Crippen MR) is 108 cm³/mol. The molecule has 29 heavy (non-hydrogen) atoms. The topological polar surface area (TPSA) is 64.7 Å². The van der Waals surface area contributed by atoms with Crippen LogP contribution in [0.3, 0.4) is 0 Å². The second-order valence-electron chi connectivity index (χ2n) is 8.63. The first-order valence-electron chi connectivity index (χ1n) is 10.7. The predicted octanol–water partition coefficient (Wildman–Crippen LogP) is 4.01. The average Bonchev–Trinajstić information content (AvgIpc) is 3.67. The van der Waals surface area contributed by atoms with Crippen LogP contribution in [0.2, 0.25) is 0 Å². The molecule has 3 aromatic heterocycles. The van der Waals surface area contributed by atoms with Gasteiger partial charge < -0.3 is 9.64 Å². The van der Waals surface area contributed by atoms with Crippen LogP contribution in [-0.4, -0.2) is 49.6 Å². The lowest BCUT2D eigenvalue weighted by Gasteiger charge is -2.31. The molecule has 0 spiro atoms. The average molecular weight is 391 g/mol. The van der Waals surface area contributed by atoms with E-state index >= 15 is 0 Å². The van der Waals surface area contributed by atoms with E-state index in [1.165, 1.54) is 18.4 Å². The summed E-state index contributed by atoms with van der Waals surface area (Å²) in [5.74, 6) is 0.431. The minimum atomic E-state index is -0.137. The number of nitrogens with zero attached hydrogens (tertiary/aromatic N) is 5. The van der Waals surface area contributed by atoms with Crippen molar-refractivity contribution in [3.05, 3.63) is 42.5 Å². The summed E-state index contributed by atoms with van der Waals surface area (Å²) in [7, 11) is 0. The summed E-state index contributed by atoms with van der Waals surface area (Å²) in [4.78, 5) is 14.0. The summed E-state index contributed by atoms with van der Waals surface area (Å²) in [6.45, 7) is 1.51. The van der Waals surface area contributed by atoms with Gasteiger partial charge in [-0.05, 0) is 50.5 Å². The van der Waals surface area contributed by atoms with Crippen LogP contribution in [-0.2, 0) is 4.74 Å². The standard InChI is InChI=1S/C22H25N5O2/c28-22(29-19-4-5-19)25-9-7-15(8-10-25)20-12-24-27-13-16(1-6-21(20)27)17-11-23-26(14-17)18-2-3-18/h1,6,11-15,18-19H,2-5,7-10H2. The van der Waals surface area contributed by atoms with Crippen LogP contribution in [0.1, 0.15) is 56.0 Å². The molecule has 0 bridgehead atoms. The Balaban J connectivity index is 1.17. The van der Waals surface area contributed by atoms with E-state index in [9.17, 15) is 4.79 Å². The molecule has 0 unspecified atom stereocenters. The number of pyridine rings is 1. The smallest absolute Gasteiger partial charge is 0.410 e. The number of amides is 1. The highest BCUT2D eigenvalue weighted by molar-refractivity contribution is 5.69. The van der Waals surface area contributed by atoms with Crippen molar-refractivity contribution in [2.24, 2.45) is 0 Å². The summed E-state index contributed by atoms with van der Waals surface area (Å²) < 4.78 is 9.49. The van der Waals surface area contributed by atoms with Crippen molar-refractivity contribution < 1.29 is 9.53 Å². The molecule has 1 amide bonds. The van der Waals surface area contributed by atoms with Gasteiger partial charge >= 0.3 is 6.09 Å². The van der Waals surface area contributed by atoms with Crippen LogP contribution in [0.4, 0.5) is 4.79 Å². The summed E-state index contributed by atoms with van der Waals surface area (Å²) in [5.41, 5.74) is 4.71. The molecule has 0 radical (unpaired) electrons. The molecule has 7 heteroatoms. The maximum absolute atomic E-state index is 12.2. The van der Waals surface area contributed by atoms with Crippen LogP contribution < -0.4 is 0 Å². The Labute approximate surface area is 169 Å². The normalized spacial score (nSPS) is 20.3. The highest BCUT2D eigenvalue weighted by Crippen LogP contribution is 2.36. The van der Waals surface area contributed by atoms with Crippen molar-refractivity contribution in [3.8, 4) is 11.1 Å². The molecule has 2 aliphatic carbocycles. The lowest BCUT2D eigenvalue weighted by atomic mass is 9.90. The van der Waals surface area contributed by atoms with Gasteiger partial charge in [-0.15, -0.1) is 0 Å². The van der Waals surface area contributed by atoms with Crippen LogP contribution in [0.25, 0.3) is 16.6 Å². The number of aromatic nitrogens is 4. The van der Waals surface area contributed by atoms with E-state index in [-0.39, 0.29) is 12.2 Å². The lowest BCUT2D eigenvalue weighted by molar-refractivity contribution is 0.0868. The molecule has 150 valence electrons. The van der Waals surface area contributed by atoms with E-state index in [4.69, 9.17) is 4.74 Å². The second kappa shape index (κ2) is 6.61. The summed E-state index contributed by atoms with van der Waals surface area (Å²) in [6, 6.07) is 4.92. The maximum atomic E-state index is 12.2. The van der Waals surface area contributed by atoms with E-state index in [1.807, 2.05) is 21.8 Å². The fraction of sp³-hybridized carbons (Fsp3) is 0.500. The second-order valence-corrected chi connectivity index (χ2v) is 8.63. The molecule has 0 atom stereocenters. The van der Waals surface area contributed by atoms with Gasteiger partial charge in [0.2, 0.25) is 0 Å². The fourth-order valence-electron chi connectivity index (χ4n) is 4.29. The van der Waals surface area contributed by atoms with E-state index in [0.29, 0.717) is 12.0 Å². The molecule has 0 N–H and O–H groups in total. The molecular formula is C22H25N5O2. The SMILES string of the molecule is O=C(OC1CC1)N1CCC(c2cnn3cc(-c4cnn(C5CC5)c4)ccc23)CC1. The van der Waals surface area contributed by atoms with Crippen molar-refractivity contribution in [2.45, 2.75) is 56.6 Å². The first kappa shape index (κ1) is 17.1. The molecule has 1 aliphatic heterocycles. The minimum Gasteiger partial charge on any atom is -0.446 e. The number of ether oxygens (including phenoxy) is 1. The monoisotopic (exact) mass is 391 g/mol. The van der Waals surface area contributed by atoms with Crippen molar-refractivity contribution in [3.63, 3.8) is 0 Å². The molecule has 7 nitrogen and oxygen atoms in total. The quantitative estimate of drug-likeness (QED) is 0.674. The molecule has 0 aromatic carbocycles. The third kappa shape index (κ3) is 3.28. The summed E-state index contributed by atoms with van der Waals surface area (Å²) in [6.07, 6.45) is 14.6. The zero-order valence-electron chi connectivity index (χ0n) is 16.4. The van der Waals surface area contributed by atoms with Gasteiger partial charge in [0, 0.05) is 42.2 Å². The molecule has 3 fully saturated rings. The number of likely N-dealkylation sites (tertiary alicyclic amines) is 1. The maximum Gasteiger partial charge on any atom is 0.410 e. The number of carbonyl (C=O) groups is 1. The van der Waals surface area contributed by atoms with Gasteiger partial charge in [0.1, 0.15) is 6.10 Å². The lowest BCUT2D eigenvalue weighted by Crippen LogP contribution is -2.38. The highest BCUT2D eigenvalue weighted by atomic mass is 16.6. The van der Waals surface area contributed by atoms with Gasteiger partial charge in [-0.1, -0.05) is 6.07 Å². The zero-order valence-corrected chi connectivity index (χ0v) is 16.4. The largest absolute Gasteiger partial charge is 0.446 e. The molecule has 6 rings (SSSR count). The number of carbonyl (C=O) groups excluding carboxylic acids is 1. The van der Waals surface area contributed by atoms with Gasteiger partial charge in [-0.2, -0.15) is 10.2 Å². The van der Waals surface area contributed by atoms with Crippen molar-refractivity contribution in [1.29, 1.82) is 0 Å². The van der Waals surface area contributed by atoms with Gasteiger partial charge in [0.15, 0.2) is 0 Å². The fourth-order valence-corrected chi connectivity index (χ4v) is 4.29. The molecule has 3 aliphatic rings. The Morgan fingerprint density at radius 3 is 2.52 bits per heavy atom. The van der Waals surface area contributed by atoms with Gasteiger partial charge in [0.05, 0.1) is 24.0 Å². The molecule has 4 heterocycles. The van der Waals surface area contributed by atoms with Gasteiger partial charge in [-0.3, -0.25) is 4.68 Å². The van der Waals surface area contributed by atoms with E-state index in [0.717, 1.165) is 55.4 Å². The number of fused-ring (bicyclic) bond motifs is 1. The first-order valence-corrected chi connectivity index (χ1v) is 10.7. The highest BCUT2D eigenvalue weighted by Gasteiger charge is 2.31. The molecule has 1 saturated heterocycles. The molecular weight excluding hydrogens is 366 g/mol. The van der Waals surface area contributed by atoms with E-state index in [2.05, 4.69) is 39.4 Å². The Hall–Kier alpha value is -2.83. The number of hydrogen-bond donors (Lipinski definition) is 0. The molecule has 2 saturated carbocycles. The van der Waals surface area contributed by atoms with E-state index in [1.54, 1.807) is 0 Å². The van der Waals surface area contributed by atoms with Crippen LogP contribution in [0.15, 0.2) is 36.9 Å². The van der Waals surface area contributed by atoms with Crippen LogP contribution in [0, 0.1) is 0 Å². The van der Waals surface area contributed by atoms with Crippen molar-refractivity contribution >= 4 is 11.6 Å². The first-order chi connectivity index (χ1) is 14.2. The zero-order chi connectivity index (χ0) is 19.4. The minimum absolute atomic E-state index is 0.137. The summed E-state index contributed by atoms with van der Waals surface area (Å²) in [5, 5.41) is 9.12.